The standard InChI is InChI=1S/C20H23N5O4S/c1-14-3-5-17(6-4-14)30(27,28)25-8-7-20(13-25)9-18(24-29-20)19(26)23-12-16-11-21-15(2)10-22-16/h3-6,10-11H,7-9,12-13H2,1-2H3,(H,23,26)/t20-/m1/s1. The van der Waals surface area contributed by atoms with Gasteiger partial charge < -0.3 is 10.2 Å². The van der Waals surface area contributed by atoms with E-state index in [2.05, 4.69) is 20.4 Å². The number of nitrogens with one attached hydrogen (secondary N) is 1. The smallest absolute Gasteiger partial charge is 0.269 e. The molecule has 2 aliphatic heterocycles. The fraction of sp³-hybridized carbons (Fsp3) is 0.400. The number of hydrogen-bond donors (Lipinski definition) is 1. The SMILES string of the molecule is Cc1ccc(S(=O)(=O)N2CC[C@@]3(CC(C(=O)NCc4cnc(C)cn4)=NO3)C2)cc1. The number of oxime groups is 1. The highest BCUT2D eigenvalue weighted by molar-refractivity contribution is 7.89. The summed E-state index contributed by atoms with van der Waals surface area (Å²) in [5, 5.41) is 6.70. The third kappa shape index (κ3) is 4.05. The van der Waals surface area contributed by atoms with Crippen molar-refractivity contribution in [2.75, 3.05) is 13.1 Å². The molecule has 10 heteroatoms. The summed E-state index contributed by atoms with van der Waals surface area (Å²) >= 11 is 0. The molecule has 158 valence electrons. The van der Waals surface area contributed by atoms with E-state index in [9.17, 15) is 13.2 Å². The maximum Gasteiger partial charge on any atom is 0.269 e. The Hall–Kier alpha value is -2.85. The molecule has 1 amide bonds. The molecule has 0 saturated carbocycles. The van der Waals surface area contributed by atoms with Crippen molar-refractivity contribution in [1.82, 2.24) is 19.6 Å². The number of aromatic nitrogens is 2. The van der Waals surface area contributed by atoms with Crippen LogP contribution in [0.2, 0.25) is 0 Å². The molecule has 2 aromatic rings. The highest BCUT2D eigenvalue weighted by Crippen LogP contribution is 2.36. The first-order chi connectivity index (χ1) is 14.3. The van der Waals surface area contributed by atoms with E-state index in [4.69, 9.17) is 4.84 Å². The molecule has 1 aromatic heterocycles. The predicted octanol–water partition coefficient (Wildman–Crippen LogP) is 1.32. The Morgan fingerprint density at radius 3 is 2.67 bits per heavy atom. The summed E-state index contributed by atoms with van der Waals surface area (Å²) in [6.45, 7) is 4.45. The van der Waals surface area contributed by atoms with Gasteiger partial charge in [-0.05, 0) is 26.0 Å². The van der Waals surface area contributed by atoms with Gasteiger partial charge in [0, 0.05) is 25.6 Å². The van der Waals surface area contributed by atoms with Crippen molar-refractivity contribution in [3.05, 3.63) is 53.6 Å². The number of carbonyl (C=O) groups excluding carboxylic acids is 1. The predicted molar refractivity (Wildman–Crippen MR) is 109 cm³/mol. The zero-order valence-corrected chi connectivity index (χ0v) is 17.6. The second-order valence-electron chi connectivity index (χ2n) is 7.72. The number of amides is 1. The number of rotatable bonds is 5. The number of benzene rings is 1. The average Bonchev–Trinajstić information content (AvgIpc) is 3.35. The maximum atomic E-state index is 12.9. The molecule has 1 aromatic carbocycles. The molecule has 1 fully saturated rings. The third-order valence-electron chi connectivity index (χ3n) is 5.31. The summed E-state index contributed by atoms with van der Waals surface area (Å²) in [7, 11) is -3.62. The minimum absolute atomic E-state index is 0.160. The quantitative estimate of drug-likeness (QED) is 0.767. The van der Waals surface area contributed by atoms with E-state index < -0.39 is 15.6 Å². The molecule has 1 atom stereocenters. The zero-order chi connectivity index (χ0) is 21.4. The average molecular weight is 430 g/mol. The van der Waals surface area contributed by atoms with Gasteiger partial charge in [-0.15, -0.1) is 0 Å². The Labute approximate surface area is 175 Å². The molecule has 0 bridgehead atoms. The minimum Gasteiger partial charge on any atom is -0.387 e. The number of hydrogen-bond acceptors (Lipinski definition) is 7. The molecule has 1 spiro atoms. The van der Waals surface area contributed by atoms with Gasteiger partial charge in [-0.2, -0.15) is 4.31 Å². The van der Waals surface area contributed by atoms with Crippen LogP contribution in [-0.4, -0.2) is 53.0 Å². The first-order valence-electron chi connectivity index (χ1n) is 9.65. The van der Waals surface area contributed by atoms with Gasteiger partial charge in [-0.25, -0.2) is 8.42 Å². The van der Waals surface area contributed by atoms with Crippen LogP contribution in [0.5, 0.6) is 0 Å². The van der Waals surface area contributed by atoms with Gasteiger partial charge in [0.1, 0.15) is 5.71 Å². The van der Waals surface area contributed by atoms with Crippen LogP contribution in [0.3, 0.4) is 0 Å². The van der Waals surface area contributed by atoms with E-state index >= 15 is 0 Å². The first kappa shape index (κ1) is 20.4. The van der Waals surface area contributed by atoms with Crippen LogP contribution in [0.15, 0.2) is 46.7 Å². The molecule has 1 N–H and O–H groups in total. The number of sulfonamides is 1. The van der Waals surface area contributed by atoms with Crippen molar-refractivity contribution in [3.63, 3.8) is 0 Å². The van der Waals surface area contributed by atoms with Gasteiger partial charge in [0.25, 0.3) is 5.91 Å². The fourth-order valence-electron chi connectivity index (χ4n) is 3.52. The Bertz CT molecular complexity index is 1080. The lowest BCUT2D eigenvalue weighted by molar-refractivity contribution is -0.115. The van der Waals surface area contributed by atoms with Gasteiger partial charge in [0.2, 0.25) is 10.0 Å². The molecule has 0 aliphatic carbocycles. The minimum atomic E-state index is -3.62. The molecular formula is C20H23N5O4S. The lowest BCUT2D eigenvalue weighted by Crippen LogP contribution is -2.38. The summed E-state index contributed by atoms with van der Waals surface area (Å²) in [5.74, 6) is -0.353. The lowest BCUT2D eigenvalue weighted by Gasteiger charge is -2.21. The number of nitrogens with zero attached hydrogens (tertiary/aromatic N) is 4. The Morgan fingerprint density at radius 1 is 1.20 bits per heavy atom. The number of carbonyl (C=O) groups is 1. The first-order valence-corrected chi connectivity index (χ1v) is 11.1. The normalized spacial score (nSPS) is 21.5. The summed E-state index contributed by atoms with van der Waals surface area (Å²) in [6.07, 6.45) is 3.98. The molecule has 2 aliphatic rings. The summed E-state index contributed by atoms with van der Waals surface area (Å²) < 4.78 is 27.2. The fourth-order valence-corrected chi connectivity index (χ4v) is 5.03. The van der Waals surface area contributed by atoms with Crippen LogP contribution in [0.1, 0.15) is 29.8 Å². The van der Waals surface area contributed by atoms with Crippen LogP contribution < -0.4 is 5.32 Å². The van der Waals surface area contributed by atoms with Crippen molar-refractivity contribution < 1.29 is 18.0 Å². The van der Waals surface area contributed by atoms with Gasteiger partial charge >= 0.3 is 0 Å². The molecule has 3 heterocycles. The van der Waals surface area contributed by atoms with Crippen LogP contribution in [-0.2, 0) is 26.2 Å². The van der Waals surface area contributed by atoms with E-state index in [1.165, 1.54) is 4.31 Å². The Balaban J connectivity index is 1.37. The van der Waals surface area contributed by atoms with Gasteiger partial charge in [-0.3, -0.25) is 14.8 Å². The molecule has 30 heavy (non-hydrogen) atoms. The van der Waals surface area contributed by atoms with E-state index in [-0.39, 0.29) is 36.0 Å². The molecule has 9 nitrogen and oxygen atoms in total. The van der Waals surface area contributed by atoms with Crippen molar-refractivity contribution in [3.8, 4) is 0 Å². The van der Waals surface area contributed by atoms with Crippen molar-refractivity contribution >= 4 is 21.6 Å². The maximum absolute atomic E-state index is 12.9. The zero-order valence-electron chi connectivity index (χ0n) is 16.8. The van der Waals surface area contributed by atoms with Crippen LogP contribution in [0.25, 0.3) is 0 Å². The molecule has 1 saturated heterocycles. The summed E-state index contributed by atoms with van der Waals surface area (Å²) in [6, 6.07) is 6.76. The van der Waals surface area contributed by atoms with Crippen LogP contribution in [0, 0.1) is 13.8 Å². The highest BCUT2D eigenvalue weighted by Gasteiger charge is 2.49. The second-order valence-corrected chi connectivity index (χ2v) is 9.66. The second kappa shape index (κ2) is 7.77. The summed E-state index contributed by atoms with van der Waals surface area (Å²) in [4.78, 5) is 26.6. The highest BCUT2D eigenvalue weighted by atomic mass is 32.2. The van der Waals surface area contributed by atoms with Crippen molar-refractivity contribution in [1.29, 1.82) is 0 Å². The monoisotopic (exact) mass is 429 g/mol. The third-order valence-corrected chi connectivity index (χ3v) is 7.17. The molecule has 4 rings (SSSR count). The van der Waals surface area contributed by atoms with E-state index in [1.807, 2.05) is 13.8 Å². The summed E-state index contributed by atoms with van der Waals surface area (Å²) in [5.41, 5.74) is 1.89. The molecule has 0 radical (unpaired) electrons. The van der Waals surface area contributed by atoms with Crippen molar-refractivity contribution in [2.45, 2.75) is 43.7 Å². The van der Waals surface area contributed by atoms with Crippen molar-refractivity contribution in [2.24, 2.45) is 5.16 Å². The molecule has 0 unspecified atom stereocenters. The van der Waals surface area contributed by atoms with E-state index in [1.54, 1.807) is 36.7 Å². The van der Waals surface area contributed by atoms with E-state index in [0.29, 0.717) is 18.7 Å². The van der Waals surface area contributed by atoms with Gasteiger partial charge in [-0.1, -0.05) is 22.9 Å². The van der Waals surface area contributed by atoms with Crippen LogP contribution in [0.4, 0.5) is 0 Å². The lowest BCUT2D eigenvalue weighted by atomic mass is 9.96. The van der Waals surface area contributed by atoms with Crippen LogP contribution >= 0.6 is 0 Å². The van der Waals surface area contributed by atoms with E-state index in [0.717, 1.165) is 11.3 Å². The topological polar surface area (TPSA) is 114 Å². The van der Waals surface area contributed by atoms with Gasteiger partial charge in [0.05, 0.1) is 35.6 Å². The van der Waals surface area contributed by atoms with Gasteiger partial charge in [0.15, 0.2) is 5.60 Å². The Kier molecular flexibility index (Phi) is 5.29. The largest absolute Gasteiger partial charge is 0.387 e. The molecular weight excluding hydrogens is 406 g/mol. The Morgan fingerprint density at radius 2 is 1.97 bits per heavy atom. The number of aryl methyl sites for hydroxylation is 2.